The monoisotopic (exact) mass is 247 g/mol. The molecule has 98 valence electrons. The van der Waals surface area contributed by atoms with Gasteiger partial charge in [-0.3, -0.25) is 0 Å². The van der Waals surface area contributed by atoms with E-state index >= 15 is 0 Å². The summed E-state index contributed by atoms with van der Waals surface area (Å²) in [5.74, 6) is 1.04. The lowest BCUT2D eigenvalue weighted by Crippen LogP contribution is -2.14. The van der Waals surface area contributed by atoms with Crippen LogP contribution in [0, 0.1) is 6.92 Å². The van der Waals surface area contributed by atoms with Gasteiger partial charge in [0.25, 0.3) is 0 Å². The van der Waals surface area contributed by atoms with Crippen LogP contribution in [0.25, 0.3) is 11.0 Å². The highest BCUT2D eigenvalue weighted by molar-refractivity contribution is 5.76. The Bertz CT molecular complexity index is 519. The number of unbranched alkanes of at least 4 members (excludes halogenated alkanes) is 1. The Morgan fingerprint density at radius 1 is 1.33 bits per heavy atom. The fraction of sp³-hybridized carbons (Fsp3) is 0.500. The molecule has 2 N–H and O–H groups in total. The summed E-state index contributed by atoms with van der Waals surface area (Å²) in [5.41, 5.74) is 3.49. The van der Waals surface area contributed by atoms with E-state index in [9.17, 15) is 0 Å². The van der Waals surface area contributed by atoms with E-state index in [-0.39, 0.29) is 6.61 Å². The molecule has 2 rings (SSSR count). The predicted octanol–water partition coefficient (Wildman–Crippen LogP) is 1.74. The quantitative estimate of drug-likeness (QED) is 0.765. The maximum atomic E-state index is 8.69. The third-order valence-corrected chi connectivity index (χ3v) is 3.26. The molecule has 0 saturated heterocycles. The van der Waals surface area contributed by atoms with Crippen LogP contribution >= 0.6 is 0 Å². The van der Waals surface area contributed by atoms with Crippen molar-refractivity contribution < 1.29 is 5.11 Å². The number of nitrogens with zero attached hydrogens (tertiary/aromatic N) is 2. The van der Waals surface area contributed by atoms with Gasteiger partial charge in [-0.2, -0.15) is 0 Å². The molecule has 4 heteroatoms. The maximum Gasteiger partial charge on any atom is 0.106 e. The standard InChI is InChI=1S/C14H21N3O/c1-11-16-13-9-12(5-6-14(13)17(11)2)10-15-7-3-4-8-18/h5-6,9,15,18H,3-4,7-8,10H2,1-2H3. The third kappa shape index (κ3) is 2.89. The average molecular weight is 247 g/mol. The molecular weight excluding hydrogens is 226 g/mol. The van der Waals surface area contributed by atoms with E-state index in [1.165, 1.54) is 11.1 Å². The van der Waals surface area contributed by atoms with Crippen LogP contribution in [0.5, 0.6) is 0 Å². The Kier molecular flexibility index (Phi) is 4.33. The number of aliphatic hydroxyl groups excluding tert-OH is 1. The topological polar surface area (TPSA) is 50.1 Å². The molecule has 4 nitrogen and oxygen atoms in total. The number of benzene rings is 1. The highest BCUT2D eigenvalue weighted by atomic mass is 16.2. The first-order chi connectivity index (χ1) is 8.72. The van der Waals surface area contributed by atoms with Crippen LogP contribution < -0.4 is 5.32 Å². The van der Waals surface area contributed by atoms with E-state index in [4.69, 9.17) is 5.11 Å². The van der Waals surface area contributed by atoms with E-state index in [1.54, 1.807) is 0 Å². The second-order valence-electron chi connectivity index (χ2n) is 4.65. The first kappa shape index (κ1) is 13.1. The molecule has 1 aromatic carbocycles. The van der Waals surface area contributed by atoms with Crippen molar-refractivity contribution in [2.75, 3.05) is 13.2 Å². The lowest BCUT2D eigenvalue weighted by Gasteiger charge is -2.04. The zero-order valence-corrected chi connectivity index (χ0v) is 11.1. The Labute approximate surface area is 108 Å². The Balaban J connectivity index is 1.98. The number of aromatic nitrogens is 2. The van der Waals surface area contributed by atoms with Gasteiger partial charge in [0.15, 0.2) is 0 Å². The second-order valence-corrected chi connectivity index (χ2v) is 4.65. The molecule has 0 fully saturated rings. The van der Waals surface area contributed by atoms with Crippen molar-refractivity contribution in [2.45, 2.75) is 26.3 Å². The molecule has 0 bridgehead atoms. The Morgan fingerprint density at radius 3 is 2.94 bits per heavy atom. The zero-order valence-electron chi connectivity index (χ0n) is 11.1. The molecule has 0 atom stereocenters. The van der Waals surface area contributed by atoms with Gasteiger partial charge in [-0.25, -0.2) is 4.98 Å². The fourth-order valence-electron chi connectivity index (χ4n) is 2.07. The number of hydrogen-bond donors (Lipinski definition) is 2. The van der Waals surface area contributed by atoms with Gasteiger partial charge in [0.05, 0.1) is 11.0 Å². The van der Waals surface area contributed by atoms with Gasteiger partial charge in [-0.1, -0.05) is 6.07 Å². The van der Waals surface area contributed by atoms with Gasteiger partial charge in [0.1, 0.15) is 5.82 Å². The molecule has 18 heavy (non-hydrogen) atoms. The van der Waals surface area contributed by atoms with Gasteiger partial charge in [-0.15, -0.1) is 0 Å². The molecule has 1 heterocycles. The highest BCUT2D eigenvalue weighted by Crippen LogP contribution is 2.16. The van der Waals surface area contributed by atoms with Crippen molar-refractivity contribution in [1.82, 2.24) is 14.9 Å². The van der Waals surface area contributed by atoms with E-state index in [0.29, 0.717) is 0 Å². The molecule has 0 unspecified atom stereocenters. The molecule has 0 aliphatic carbocycles. The van der Waals surface area contributed by atoms with Gasteiger partial charge < -0.3 is 15.0 Å². The molecule has 2 aromatic rings. The van der Waals surface area contributed by atoms with E-state index < -0.39 is 0 Å². The summed E-state index contributed by atoms with van der Waals surface area (Å²) < 4.78 is 2.10. The van der Waals surface area contributed by atoms with Gasteiger partial charge in [0, 0.05) is 20.2 Å². The van der Waals surface area contributed by atoms with Crippen LogP contribution in [0.1, 0.15) is 24.2 Å². The normalized spacial score (nSPS) is 11.3. The van der Waals surface area contributed by atoms with Crippen molar-refractivity contribution in [3.8, 4) is 0 Å². The van der Waals surface area contributed by atoms with Crippen LogP contribution in [0.3, 0.4) is 0 Å². The summed E-state index contributed by atoms with van der Waals surface area (Å²) >= 11 is 0. The lowest BCUT2D eigenvalue weighted by atomic mass is 10.2. The van der Waals surface area contributed by atoms with Gasteiger partial charge in [0.2, 0.25) is 0 Å². The average Bonchev–Trinajstić information content (AvgIpc) is 2.65. The number of aryl methyl sites for hydroxylation is 2. The summed E-state index contributed by atoms with van der Waals surface area (Å²) in [4.78, 5) is 4.53. The molecular formula is C14H21N3O. The van der Waals surface area contributed by atoms with Crippen molar-refractivity contribution in [2.24, 2.45) is 7.05 Å². The maximum absolute atomic E-state index is 8.69. The molecule has 0 amide bonds. The number of aliphatic hydroxyl groups is 1. The largest absolute Gasteiger partial charge is 0.396 e. The van der Waals surface area contributed by atoms with E-state index in [2.05, 4.69) is 33.1 Å². The Hall–Kier alpha value is -1.39. The number of rotatable bonds is 6. The van der Waals surface area contributed by atoms with Crippen LogP contribution in [0.15, 0.2) is 18.2 Å². The molecule has 1 aromatic heterocycles. The lowest BCUT2D eigenvalue weighted by molar-refractivity contribution is 0.283. The first-order valence-corrected chi connectivity index (χ1v) is 6.46. The van der Waals surface area contributed by atoms with Crippen molar-refractivity contribution in [3.05, 3.63) is 29.6 Å². The zero-order chi connectivity index (χ0) is 13.0. The van der Waals surface area contributed by atoms with Gasteiger partial charge >= 0.3 is 0 Å². The second kappa shape index (κ2) is 5.98. The molecule has 0 spiro atoms. The number of hydrogen-bond acceptors (Lipinski definition) is 3. The minimum atomic E-state index is 0.279. The van der Waals surface area contributed by atoms with Gasteiger partial charge in [-0.05, 0) is 44.0 Å². The minimum Gasteiger partial charge on any atom is -0.396 e. The first-order valence-electron chi connectivity index (χ1n) is 6.46. The summed E-state index contributed by atoms with van der Waals surface area (Å²) in [7, 11) is 2.04. The van der Waals surface area contributed by atoms with Crippen LogP contribution in [0.2, 0.25) is 0 Å². The van der Waals surface area contributed by atoms with Crippen molar-refractivity contribution in [1.29, 1.82) is 0 Å². The third-order valence-electron chi connectivity index (χ3n) is 3.26. The fourth-order valence-corrected chi connectivity index (χ4v) is 2.07. The molecule has 0 radical (unpaired) electrons. The van der Waals surface area contributed by atoms with E-state index in [0.717, 1.165) is 37.3 Å². The summed E-state index contributed by atoms with van der Waals surface area (Å²) in [6, 6.07) is 6.41. The highest BCUT2D eigenvalue weighted by Gasteiger charge is 2.04. The summed E-state index contributed by atoms with van der Waals surface area (Å²) in [6.45, 7) is 4.10. The molecule has 0 saturated carbocycles. The summed E-state index contributed by atoms with van der Waals surface area (Å²) in [6.07, 6.45) is 1.88. The smallest absolute Gasteiger partial charge is 0.106 e. The summed E-state index contributed by atoms with van der Waals surface area (Å²) in [5, 5.41) is 12.1. The van der Waals surface area contributed by atoms with Crippen LogP contribution in [0.4, 0.5) is 0 Å². The predicted molar refractivity (Wildman–Crippen MR) is 73.5 cm³/mol. The molecule has 0 aliphatic heterocycles. The van der Waals surface area contributed by atoms with Crippen LogP contribution in [-0.4, -0.2) is 27.8 Å². The number of nitrogens with one attached hydrogen (secondary N) is 1. The van der Waals surface area contributed by atoms with Crippen molar-refractivity contribution in [3.63, 3.8) is 0 Å². The molecule has 0 aliphatic rings. The number of imidazole rings is 1. The number of fused-ring (bicyclic) bond motifs is 1. The van der Waals surface area contributed by atoms with E-state index in [1.807, 2.05) is 14.0 Å². The van der Waals surface area contributed by atoms with Crippen LogP contribution in [-0.2, 0) is 13.6 Å². The minimum absolute atomic E-state index is 0.279. The Morgan fingerprint density at radius 2 is 2.17 bits per heavy atom. The van der Waals surface area contributed by atoms with Crippen molar-refractivity contribution >= 4 is 11.0 Å². The SMILES string of the molecule is Cc1nc2cc(CNCCCCO)ccc2n1C.